The molecule has 1 atom stereocenters. The van der Waals surface area contributed by atoms with Gasteiger partial charge in [-0.05, 0) is 19.1 Å². The van der Waals surface area contributed by atoms with Gasteiger partial charge < -0.3 is 19.5 Å². The third-order valence-electron chi connectivity index (χ3n) is 3.76. The maximum Gasteiger partial charge on any atom is 0.255 e. The number of aromatic nitrogens is 3. The molecule has 0 bridgehead atoms. The van der Waals surface area contributed by atoms with Crippen LogP contribution in [0.5, 0.6) is 0 Å². The van der Waals surface area contributed by atoms with Crippen LogP contribution < -0.4 is 10.2 Å². The Morgan fingerprint density at radius 1 is 1.39 bits per heavy atom. The summed E-state index contributed by atoms with van der Waals surface area (Å²) in [5.74, 6) is 0.621. The minimum atomic E-state index is -0.104. The number of pyridine rings is 1. The van der Waals surface area contributed by atoms with E-state index in [1.807, 2.05) is 23.8 Å². The van der Waals surface area contributed by atoms with E-state index in [0.717, 1.165) is 18.9 Å². The van der Waals surface area contributed by atoms with E-state index in [0.29, 0.717) is 25.3 Å². The fourth-order valence-corrected chi connectivity index (χ4v) is 2.66. The molecule has 122 valence electrons. The van der Waals surface area contributed by atoms with Crippen LogP contribution in [0.3, 0.4) is 0 Å². The molecule has 7 heteroatoms. The van der Waals surface area contributed by atoms with Gasteiger partial charge in [-0.3, -0.25) is 4.79 Å². The summed E-state index contributed by atoms with van der Waals surface area (Å²) in [5, 5.41) is 3.03. The highest BCUT2D eigenvalue weighted by Crippen LogP contribution is 2.18. The SMILES string of the molecule is C[C@H](Cn1ccnc1)NC(=O)c1cccnc1N1CCOCC1. The predicted molar refractivity (Wildman–Crippen MR) is 86.4 cm³/mol. The molecule has 1 saturated heterocycles. The highest BCUT2D eigenvalue weighted by atomic mass is 16.5. The maximum atomic E-state index is 12.6. The number of ether oxygens (including phenoxy) is 1. The van der Waals surface area contributed by atoms with Crippen molar-refractivity contribution in [2.24, 2.45) is 0 Å². The summed E-state index contributed by atoms with van der Waals surface area (Å²) in [4.78, 5) is 23.1. The molecule has 0 aromatic carbocycles. The molecule has 23 heavy (non-hydrogen) atoms. The largest absolute Gasteiger partial charge is 0.378 e. The van der Waals surface area contributed by atoms with Crippen molar-refractivity contribution in [3.63, 3.8) is 0 Å². The van der Waals surface area contributed by atoms with E-state index >= 15 is 0 Å². The average molecular weight is 315 g/mol. The molecule has 1 fully saturated rings. The molecule has 2 aromatic rings. The van der Waals surface area contributed by atoms with Crippen LogP contribution in [-0.4, -0.2) is 52.8 Å². The van der Waals surface area contributed by atoms with E-state index in [1.165, 1.54) is 0 Å². The molecular weight excluding hydrogens is 294 g/mol. The summed E-state index contributed by atoms with van der Waals surface area (Å²) in [7, 11) is 0. The van der Waals surface area contributed by atoms with Gasteiger partial charge in [0.25, 0.3) is 5.91 Å². The van der Waals surface area contributed by atoms with Gasteiger partial charge in [0, 0.05) is 44.3 Å². The van der Waals surface area contributed by atoms with Crippen LogP contribution in [0.25, 0.3) is 0 Å². The number of nitrogens with one attached hydrogen (secondary N) is 1. The van der Waals surface area contributed by atoms with E-state index in [2.05, 4.69) is 20.2 Å². The van der Waals surface area contributed by atoms with Gasteiger partial charge in [-0.1, -0.05) is 0 Å². The second kappa shape index (κ2) is 7.23. The van der Waals surface area contributed by atoms with Crippen LogP contribution in [0.15, 0.2) is 37.1 Å². The van der Waals surface area contributed by atoms with Crippen molar-refractivity contribution in [2.75, 3.05) is 31.2 Å². The van der Waals surface area contributed by atoms with Gasteiger partial charge in [-0.25, -0.2) is 9.97 Å². The Balaban J connectivity index is 1.69. The van der Waals surface area contributed by atoms with Crippen molar-refractivity contribution in [3.05, 3.63) is 42.6 Å². The molecule has 3 rings (SSSR count). The normalized spacial score (nSPS) is 16.1. The van der Waals surface area contributed by atoms with Crippen molar-refractivity contribution in [1.82, 2.24) is 19.9 Å². The Bertz CT molecular complexity index is 638. The lowest BCUT2D eigenvalue weighted by atomic mass is 10.2. The molecule has 1 aliphatic heterocycles. The Hall–Kier alpha value is -2.41. The molecule has 1 amide bonds. The first-order valence-corrected chi connectivity index (χ1v) is 7.78. The highest BCUT2D eigenvalue weighted by Gasteiger charge is 2.20. The Labute approximate surface area is 135 Å². The van der Waals surface area contributed by atoms with Crippen molar-refractivity contribution >= 4 is 11.7 Å². The number of nitrogens with zero attached hydrogens (tertiary/aromatic N) is 4. The number of rotatable bonds is 5. The number of imidazole rings is 1. The molecule has 0 spiro atoms. The lowest BCUT2D eigenvalue weighted by Crippen LogP contribution is -2.40. The van der Waals surface area contributed by atoms with E-state index in [1.54, 1.807) is 24.8 Å². The smallest absolute Gasteiger partial charge is 0.255 e. The van der Waals surface area contributed by atoms with Gasteiger partial charge in [0.15, 0.2) is 0 Å². The van der Waals surface area contributed by atoms with Gasteiger partial charge in [0.2, 0.25) is 0 Å². The van der Waals surface area contributed by atoms with Crippen molar-refractivity contribution in [2.45, 2.75) is 19.5 Å². The Kier molecular flexibility index (Phi) is 4.87. The van der Waals surface area contributed by atoms with Gasteiger partial charge in [-0.15, -0.1) is 0 Å². The standard InChI is InChI=1S/C16H21N5O2/c1-13(11-20-6-5-17-12-20)19-16(22)14-3-2-4-18-15(14)21-7-9-23-10-8-21/h2-6,12-13H,7-11H2,1H3,(H,19,22)/t13-/m1/s1. The van der Waals surface area contributed by atoms with Crippen LogP contribution in [0.4, 0.5) is 5.82 Å². The molecule has 2 aromatic heterocycles. The third-order valence-corrected chi connectivity index (χ3v) is 3.76. The van der Waals surface area contributed by atoms with Crippen LogP contribution in [0, 0.1) is 0 Å². The van der Waals surface area contributed by atoms with Gasteiger partial charge in [0.05, 0.1) is 25.1 Å². The Morgan fingerprint density at radius 2 is 2.22 bits per heavy atom. The first-order chi connectivity index (χ1) is 11.2. The first-order valence-electron chi connectivity index (χ1n) is 7.78. The summed E-state index contributed by atoms with van der Waals surface area (Å²) in [5.41, 5.74) is 0.604. The predicted octanol–water partition coefficient (Wildman–Crippen LogP) is 0.933. The zero-order valence-corrected chi connectivity index (χ0v) is 13.2. The molecule has 3 heterocycles. The van der Waals surface area contributed by atoms with Crippen molar-refractivity contribution < 1.29 is 9.53 Å². The monoisotopic (exact) mass is 315 g/mol. The molecule has 0 saturated carbocycles. The number of anilines is 1. The molecule has 0 aliphatic carbocycles. The van der Waals surface area contributed by atoms with Crippen molar-refractivity contribution in [3.8, 4) is 0 Å². The van der Waals surface area contributed by atoms with E-state index in [9.17, 15) is 4.79 Å². The molecular formula is C16H21N5O2. The zero-order valence-electron chi connectivity index (χ0n) is 13.2. The summed E-state index contributed by atoms with van der Waals surface area (Å²) >= 11 is 0. The van der Waals surface area contributed by atoms with Crippen LogP contribution in [0.2, 0.25) is 0 Å². The summed E-state index contributed by atoms with van der Waals surface area (Å²) in [6, 6.07) is 3.60. The second-order valence-corrected chi connectivity index (χ2v) is 5.61. The fourth-order valence-electron chi connectivity index (χ4n) is 2.66. The molecule has 1 aliphatic rings. The number of hydrogen-bond donors (Lipinski definition) is 1. The lowest BCUT2D eigenvalue weighted by Gasteiger charge is -2.29. The number of carbonyl (C=O) groups excluding carboxylic acids is 1. The van der Waals surface area contributed by atoms with Gasteiger partial charge >= 0.3 is 0 Å². The minimum absolute atomic E-state index is 0.00514. The van der Waals surface area contributed by atoms with Crippen molar-refractivity contribution in [1.29, 1.82) is 0 Å². The van der Waals surface area contributed by atoms with Gasteiger partial charge in [-0.2, -0.15) is 0 Å². The third kappa shape index (κ3) is 3.87. The fraction of sp³-hybridized carbons (Fsp3) is 0.438. The van der Waals surface area contributed by atoms with Crippen LogP contribution in [0.1, 0.15) is 17.3 Å². The zero-order chi connectivity index (χ0) is 16.1. The van der Waals surface area contributed by atoms with Crippen LogP contribution in [-0.2, 0) is 11.3 Å². The highest BCUT2D eigenvalue weighted by molar-refractivity contribution is 5.99. The number of hydrogen-bond acceptors (Lipinski definition) is 5. The number of amides is 1. The summed E-state index contributed by atoms with van der Waals surface area (Å²) in [6.45, 7) is 5.48. The lowest BCUT2D eigenvalue weighted by molar-refractivity contribution is 0.0935. The van der Waals surface area contributed by atoms with E-state index < -0.39 is 0 Å². The molecule has 0 unspecified atom stereocenters. The molecule has 0 radical (unpaired) electrons. The Morgan fingerprint density at radius 3 is 2.96 bits per heavy atom. The number of carbonyl (C=O) groups is 1. The average Bonchev–Trinajstić information content (AvgIpc) is 3.08. The topological polar surface area (TPSA) is 72.3 Å². The first kappa shape index (κ1) is 15.5. The second-order valence-electron chi connectivity index (χ2n) is 5.61. The molecule has 1 N–H and O–H groups in total. The van der Waals surface area contributed by atoms with Crippen LogP contribution >= 0.6 is 0 Å². The summed E-state index contributed by atoms with van der Waals surface area (Å²) in [6.07, 6.45) is 7.07. The number of morpholine rings is 1. The molecule has 7 nitrogen and oxygen atoms in total. The maximum absolute atomic E-state index is 12.6. The summed E-state index contributed by atoms with van der Waals surface area (Å²) < 4.78 is 7.31. The van der Waals surface area contributed by atoms with E-state index in [-0.39, 0.29) is 11.9 Å². The minimum Gasteiger partial charge on any atom is -0.378 e. The van der Waals surface area contributed by atoms with E-state index in [4.69, 9.17) is 4.74 Å². The quantitative estimate of drug-likeness (QED) is 0.889. The van der Waals surface area contributed by atoms with Gasteiger partial charge in [0.1, 0.15) is 5.82 Å².